The van der Waals surface area contributed by atoms with Crippen LogP contribution in [0.4, 0.5) is 0 Å². The largest absolute Gasteiger partial charge is 2.00 e. The number of hydrogen-bond donors (Lipinski definition) is 0. The zero-order valence-electron chi connectivity index (χ0n) is 10.8. The van der Waals surface area contributed by atoms with Crippen LogP contribution in [-0.2, 0) is 28.1 Å². The van der Waals surface area contributed by atoms with Gasteiger partial charge in [0.25, 0.3) is 0 Å². The van der Waals surface area contributed by atoms with Crippen molar-refractivity contribution in [3.8, 4) is 0 Å². The van der Waals surface area contributed by atoms with Crippen LogP contribution in [0.3, 0.4) is 0 Å². The molecule has 0 nitrogen and oxygen atoms in total. The first kappa shape index (κ1) is 15.0. The third-order valence-corrected chi connectivity index (χ3v) is 2.82. The van der Waals surface area contributed by atoms with Crippen LogP contribution in [-0.4, -0.2) is 0 Å². The van der Waals surface area contributed by atoms with E-state index in [0.29, 0.717) is 0 Å². The molecule has 3 aromatic carbocycles. The Morgan fingerprint density at radius 3 is 2.39 bits per heavy atom. The third kappa shape index (κ3) is 4.29. The Kier molecular flexibility index (Phi) is 6.71. The number of benzene rings is 1. The standard InChI is InChI=1S/C9H7.C8H11.Ti/c1-2-5-9-7-3-6-8(9)4-1;1-2-5-8-6-3-4-7-8;/h1-7H;3-4,6-7H,2,5H2,1H3;/q2*-1;+2. The van der Waals surface area contributed by atoms with E-state index in [4.69, 9.17) is 0 Å². The molecule has 0 aromatic heterocycles. The molecule has 3 aromatic rings. The van der Waals surface area contributed by atoms with E-state index in [9.17, 15) is 0 Å². The minimum absolute atomic E-state index is 0. The van der Waals surface area contributed by atoms with Crippen molar-refractivity contribution in [2.24, 2.45) is 0 Å². The second-order valence-electron chi connectivity index (χ2n) is 4.20. The SMILES string of the molecule is CCC[c-]1cccc1.[Ti+2].c1ccc2[cH-]ccc2c1. The summed E-state index contributed by atoms with van der Waals surface area (Å²) in [6.07, 6.45) is 2.48. The molecule has 0 radical (unpaired) electrons. The van der Waals surface area contributed by atoms with Crippen molar-refractivity contribution < 1.29 is 21.7 Å². The van der Waals surface area contributed by atoms with Crippen LogP contribution in [0.5, 0.6) is 0 Å². The van der Waals surface area contributed by atoms with Gasteiger partial charge in [0.15, 0.2) is 0 Å². The summed E-state index contributed by atoms with van der Waals surface area (Å²) in [7, 11) is 0. The molecule has 0 bridgehead atoms. The van der Waals surface area contributed by atoms with Gasteiger partial charge in [-0.2, -0.15) is 35.2 Å². The number of rotatable bonds is 2. The van der Waals surface area contributed by atoms with E-state index >= 15 is 0 Å². The minimum Gasteiger partial charge on any atom is -0.213 e. The molecule has 0 saturated carbocycles. The minimum atomic E-state index is 0. The molecule has 0 aliphatic rings. The molecule has 0 aliphatic heterocycles. The van der Waals surface area contributed by atoms with Crippen LogP contribution < -0.4 is 0 Å². The zero-order chi connectivity index (χ0) is 11.9. The molecule has 18 heavy (non-hydrogen) atoms. The molecular weight excluding hydrogens is 252 g/mol. The Balaban J connectivity index is 0.000000172. The van der Waals surface area contributed by atoms with Gasteiger partial charge in [-0.15, -0.1) is 29.7 Å². The molecule has 0 N–H and O–H groups in total. The first-order valence-electron chi connectivity index (χ1n) is 6.21. The fourth-order valence-corrected chi connectivity index (χ4v) is 1.94. The number of hydrogen-bond acceptors (Lipinski definition) is 0. The molecule has 0 spiro atoms. The Morgan fingerprint density at radius 1 is 1.00 bits per heavy atom. The summed E-state index contributed by atoms with van der Waals surface area (Å²) in [6, 6.07) is 23.2. The summed E-state index contributed by atoms with van der Waals surface area (Å²) >= 11 is 0. The topological polar surface area (TPSA) is 0 Å². The predicted molar refractivity (Wildman–Crippen MR) is 75.6 cm³/mol. The smallest absolute Gasteiger partial charge is 0.213 e. The van der Waals surface area contributed by atoms with E-state index in [1.54, 1.807) is 0 Å². The van der Waals surface area contributed by atoms with Gasteiger partial charge in [-0.3, -0.25) is 0 Å². The van der Waals surface area contributed by atoms with Gasteiger partial charge >= 0.3 is 21.7 Å². The van der Waals surface area contributed by atoms with Crippen molar-refractivity contribution in [1.29, 1.82) is 0 Å². The van der Waals surface area contributed by atoms with E-state index in [2.05, 4.69) is 73.7 Å². The van der Waals surface area contributed by atoms with Crippen LogP contribution in [0.1, 0.15) is 18.9 Å². The van der Waals surface area contributed by atoms with Gasteiger partial charge < -0.3 is 0 Å². The van der Waals surface area contributed by atoms with Crippen molar-refractivity contribution in [3.63, 3.8) is 0 Å². The van der Waals surface area contributed by atoms with E-state index in [1.807, 2.05) is 0 Å². The monoisotopic (exact) mass is 270 g/mol. The normalized spacial score (nSPS) is 9.39. The summed E-state index contributed by atoms with van der Waals surface area (Å²) in [5.74, 6) is 0. The number of aryl methyl sites for hydroxylation is 1. The van der Waals surface area contributed by atoms with Gasteiger partial charge in [-0.25, -0.2) is 12.1 Å². The average molecular weight is 270 g/mol. The molecule has 3 rings (SSSR count). The average Bonchev–Trinajstić information content (AvgIpc) is 3.00. The molecule has 0 aliphatic carbocycles. The first-order valence-corrected chi connectivity index (χ1v) is 6.21. The maximum atomic E-state index is 2.20. The van der Waals surface area contributed by atoms with E-state index in [-0.39, 0.29) is 21.7 Å². The third-order valence-electron chi connectivity index (χ3n) is 2.82. The van der Waals surface area contributed by atoms with Crippen LogP contribution in [0, 0.1) is 0 Å². The van der Waals surface area contributed by atoms with Crippen LogP contribution in [0.2, 0.25) is 0 Å². The van der Waals surface area contributed by atoms with Gasteiger partial charge in [0.2, 0.25) is 0 Å². The number of fused-ring (bicyclic) bond motifs is 1. The van der Waals surface area contributed by atoms with E-state index in [0.717, 1.165) is 0 Å². The van der Waals surface area contributed by atoms with Crippen LogP contribution in [0.25, 0.3) is 10.8 Å². The maximum Gasteiger partial charge on any atom is 2.00 e. The quantitative estimate of drug-likeness (QED) is 0.458. The van der Waals surface area contributed by atoms with Crippen molar-refractivity contribution in [2.75, 3.05) is 0 Å². The van der Waals surface area contributed by atoms with Crippen molar-refractivity contribution in [3.05, 3.63) is 72.3 Å². The molecule has 0 unspecified atom stereocenters. The van der Waals surface area contributed by atoms with Crippen LogP contribution >= 0.6 is 0 Å². The van der Waals surface area contributed by atoms with E-state index in [1.165, 1.54) is 29.2 Å². The first-order chi connectivity index (χ1) is 8.40. The molecular formula is C17H18Ti. The van der Waals surface area contributed by atoms with Gasteiger partial charge in [-0.1, -0.05) is 25.8 Å². The second-order valence-corrected chi connectivity index (χ2v) is 4.20. The van der Waals surface area contributed by atoms with Crippen LogP contribution in [0.15, 0.2) is 66.7 Å². The summed E-state index contributed by atoms with van der Waals surface area (Å²) < 4.78 is 0. The van der Waals surface area contributed by atoms with Crippen molar-refractivity contribution >= 4 is 10.8 Å². The molecule has 90 valence electrons. The van der Waals surface area contributed by atoms with Gasteiger partial charge in [0, 0.05) is 0 Å². The van der Waals surface area contributed by atoms with Gasteiger partial charge in [-0.05, 0) is 0 Å². The molecule has 0 amide bonds. The Morgan fingerprint density at radius 2 is 1.72 bits per heavy atom. The van der Waals surface area contributed by atoms with Gasteiger partial charge in [0.1, 0.15) is 0 Å². The summed E-state index contributed by atoms with van der Waals surface area (Å²) in [5, 5.41) is 2.66. The zero-order valence-corrected chi connectivity index (χ0v) is 12.3. The Labute approximate surface area is 124 Å². The maximum absolute atomic E-state index is 2.20. The van der Waals surface area contributed by atoms with Crippen molar-refractivity contribution in [1.82, 2.24) is 0 Å². The van der Waals surface area contributed by atoms with Crippen molar-refractivity contribution in [2.45, 2.75) is 19.8 Å². The molecule has 1 heteroatoms. The Bertz CT molecular complexity index is 501. The fourth-order valence-electron chi connectivity index (χ4n) is 1.94. The molecule has 0 heterocycles. The Hall–Kier alpha value is -1.11. The van der Waals surface area contributed by atoms with E-state index < -0.39 is 0 Å². The summed E-state index contributed by atoms with van der Waals surface area (Å²) in [5.41, 5.74) is 1.47. The molecule has 0 saturated heterocycles. The molecule has 0 atom stereocenters. The summed E-state index contributed by atoms with van der Waals surface area (Å²) in [6.45, 7) is 2.20. The second kappa shape index (κ2) is 8.08. The molecule has 0 fully saturated rings. The summed E-state index contributed by atoms with van der Waals surface area (Å²) in [4.78, 5) is 0. The fraction of sp³-hybridized carbons (Fsp3) is 0.176. The van der Waals surface area contributed by atoms with Gasteiger partial charge in [0.05, 0.1) is 0 Å². The predicted octanol–water partition coefficient (Wildman–Crippen LogP) is 4.91.